The van der Waals surface area contributed by atoms with Gasteiger partial charge in [0.2, 0.25) is 0 Å². The Hall–Kier alpha value is -2.12. The highest BCUT2D eigenvalue weighted by Gasteiger charge is 2.35. The minimum absolute atomic E-state index is 0.172. The van der Waals surface area contributed by atoms with Gasteiger partial charge in [0.25, 0.3) is 0 Å². The minimum Gasteiger partial charge on any atom is -0.480 e. The summed E-state index contributed by atoms with van der Waals surface area (Å²) in [6.07, 6.45) is -0.801. The number of nitrogens with two attached hydrogens (primary N) is 1. The van der Waals surface area contributed by atoms with Crippen LogP contribution < -0.4 is 5.84 Å². The highest BCUT2D eigenvalue weighted by atomic mass is 16.6. The van der Waals surface area contributed by atoms with Gasteiger partial charge in [-0.25, -0.2) is 10.6 Å². The van der Waals surface area contributed by atoms with E-state index in [4.69, 9.17) is 10.6 Å². The molecule has 1 rings (SSSR count). The molecule has 1 atom stereocenters. The fourth-order valence-corrected chi connectivity index (χ4v) is 2.25. The Bertz CT molecular complexity index is 555. The molecule has 1 amide bonds. The van der Waals surface area contributed by atoms with Crippen molar-refractivity contribution in [3.63, 3.8) is 0 Å². The molecular formula is C17H27N3O4. The van der Waals surface area contributed by atoms with Gasteiger partial charge in [-0.15, -0.1) is 0 Å². The third-order valence-corrected chi connectivity index (χ3v) is 3.25. The Kier molecular flexibility index (Phi) is 6.74. The van der Waals surface area contributed by atoms with Crippen molar-refractivity contribution in [2.75, 3.05) is 0 Å². The van der Waals surface area contributed by atoms with E-state index < -0.39 is 23.7 Å². The quantitative estimate of drug-likeness (QED) is 0.470. The molecule has 0 saturated carbocycles. The highest BCUT2D eigenvalue weighted by molar-refractivity contribution is 5.74. The first-order valence-electron chi connectivity index (χ1n) is 7.84. The van der Waals surface area contributed by atoms with Crippen LogP contribution in [0.25, 0.3) is 0 Å². The van der Waals surface area contributed by atoms with Crippen LogP contribution in [0.15, 0.2) is 30.3 Å². The van der Waals surface area contributed by atoms with Crippen LogP contribution in [0.3, 0.4) is 0 Å². The summed E-state index contributed by atoms with van der Waals surface area (Å²) in [5, 5.41) is 11.7. The predicted molar refractivity (Wildman–Crippen MR) is 90.5 cm³/mol. The Balaban J connectivity index is 3.11. The topological polar surface area (TPSA) is 96.1 Å². The molecule has 0 heterocycles. The zero-order valence-electron chi connectivity index (χ0n) is 14.9. The van der Waals surface area contributed by atoms with Crippen molar-refractivity contribution >= 4 is 12.1 Å². The summed E-state index contributed by atoms with van der Waals surface area (Å²) in [5.74, 6) is 4.59. The van der Waals surface area contributed by atoms with Gasteiger partial charge in [-0.05, 0) is 32.3 Å². The summed E-state index contributed by atoms with van der Waals surface area (Å²) in [7, 11) is 0. The molecule has 7 nitrogen and oxygen atoms in total. The van der Waals surface area contributed by atoms with E-state index in [0.29, 0.717) is 0 Å². The Morgan fingerprint density at radius 2 is 1.75 bits per heavy atom. The van der Waals surface area contributed by atoms with E-state index >= 15 is 0 Å². The van der Waals surface area contributed by atoms with Crippen molar-refractivity contribution in [2.45, 2.75) is 52.8 Å². The molecule has 24 heavy (non-hydrogen) atoms. The number of benzene rings is 1. The van der Waals surface area contributed by atoms with Gasteiger partial charge < -0.3 is 9.84 Å². The Morgan fingerprint density at radius 1 is 1.21 bits per heavy atom. The Morgan fingerprint density at radius 3 is 2.17 bits per heavy atom. The summed E-state index contributed by atoms with van der Waals surface area (Å²) in [6, 6.07) is 8.26. The zero-order valence-corrected chi connectivity index (χ0v) is 14.9. The van der Waals surface area contributed by atoms with Crippen molar-refractivity contribution in [2.24, 2.45) is 11.8 Å². The fraction of sp³-hybridized carbons (Fsp3) is 0.529. The van der Waals surface area contributed by atoms with Crippen LogP contribution >= 0.6 is 0 Å². The molecule has 1 aromatic carbocycles. The zero-order chi connectivity index (χ0) is 18.5. The smallest absolute Gasteiger partial charge is 0.440 e. The molecular weight excluding hydrogens is 310 g/mol. The first-order chi connectivity index (χ1) is 11.0. The average molecular weight is 337 g/mol. The minimum atomic E-state index is -1.06. The molecule has 7 heteroatoms. The third-order valence-electron chi connectivity index (χ3n) is 3.25. The number of nitrogens with zero attached hydrogens (tertiary/aromatic N) is 2. The molecule has 0 saturated heterocycles. The van der Waals surface area contributed by atoms with E-state index in [1.165, 1.54) is 5.01 Å². The number of ether oxygens (including phenoxy) is 1. The maximum absolute atomic E-state index is 12.3. The summed E-state index contributed by atoms with van der Waals surface area (Å²) < 4.78 is 5.26. The van der Waals surface area contributed by atoms with E-state index in [0.717, 1.165) is 10.7 Å². The van der Waals surface area contributed by atoms with Crippen LogP contribution in [0, 0.1) is 5.92 Å². The first-order valence-corrected chi connectivity index (χ1v) is 7.84. The van der Waals surface area contributed by atoms with Gasteiger partial charge in [0, 0.05) is 6.54 Å². The molecule has 1 aromatic rings. The molecule has 0 aliphatic heterocycles. The number of aliphatic carboxylic acids is 1. The number of rotatable bonds is 6. The van der Waals surface area contributed by atoms with E-state index in [2.05, 4.69) is 0 Å². The summed E-state index contributed by atoms with van der Waals surface area (Å²) in [6.45, 7) is 8.86. The van der Waals surface area contributed by atoms with Crippen LogP contribution in [0.5, 0.6) is 0 Å². The van der Waals surface area contributed by atoms with Crippen LogP contribution in [0.4, 0.5) is 4.79 Å². The van der Waals surface area contributed by atoms with Crippen LogP contribution in [0.1, 0.15) is 40.2 Å². The van der Waals surface area contributed by atoms with Gasteiger partial charge in [0.05, 0.1) is 0 Å². The standard InChI is InChI=1S/C17H27N3O4/c1-12(2)14(15(21)22)19(11-13-9-7-6-8-10-13)20(18)16(23)24-17(3,4)5/h6-10,12,14H,11,18H2,1-5H3,(H,21,22). The van der Waals surface area contributed by atoms with Crippen molar-refractivity contribution in [1.82, 2.24) is 10.1 Å². The summed E-state index contributed by atoms with van der Waals surface area (Å²) >= 11 is 0. The SMILES string of the molecule is CC(C)C(C(=O)O)N(Cc1ccccc1)N(N)C(=O)OC(C)(C)C. The molecule has 0 aliphatic carbocycles. The van der Waals surface area contributed by atoms with Crippen LogP contribution in [-0.4, -0.2) is 38.9 Å². The Labute approximate surface area is 142 Å². The largest absolute Gasteiger partial charge is 0.480 e. The fourth-order valence-electron chi connectivity index (χ4n) is 2.25. The maximum atomic E-state index is 12.3. The van der Waals surface area contributed by atoms with E-state index in [1.54, 1.807) is 34.6 Å². The molecule has 0 bridgehead atoms. The molecule has 1 unspecified atom stereocenters. The van der Waals surface area contributed by atoms with Gasteiger partial charge in [0.1, 0.15) is 11.6 Å². The first kappa shape index (κ1) is 19.9. The van der Waals surface area contributed by atoms with Gasteiger partial charge >= 0.3 is 12.1 Å². The second kappa shape index (κ2) is 8.12. The lowest BCUT2D eigenvalue weighted by atomic mass is 10.0. The molecule has 0 radical (unpaired) electrons. The molecule has 0 aromatic heterocycles. The lowest BCUT2D eigenvalue weighted by Gasteiger charge is -2.37. The van der Waals surface area contributed by atoms with Crippen LogP contribution in [0.2, 0.25) is 0 Å². The average Bonchev–Trinajstić information content (AvgIpc) is 2.44. The van der Waals surface area contributed by atoms with E-state index in [-0.39, 0.29) is 12.5 Å². The maximum Gasteiger partial charge on any atom is 0.440 e. The highest BCUT2D eigenvalue weighted by Crippen LogP contribution is 2.18. The number of carboxylic acid groups (broad SMARTS) is 1. The summed E-state index contributed by atoms with van der Waals surface area (Å²) in [4.78, 5) is 24.0. The number of hydrazine groups is 2. The normalized spacial score (nSPS) is 13.0. The van der Waals surface area contributed by atoms with Gasteiger partial charge in [-0.2, -0.15) is 10.1 Å². The van der Waals surface area contributed by atoms with E-state index in [9.17, 15) is 14.7 Å². The molecule has 3 N–H and O–H groups in total. The lowest BCUT2D eigenvalue weighted by Crippen LogP contribution is -2.59. The van der Waals surface area contributed by atoms with Crippen molar-refractivity contribution in [3.8, 4) is 0 Å². The number of carboxylic acids is 1. The number of carbonyl (C=O) groups excluding carboxylic acids is 1. The second-order valence-corrected chi connectivity index (χ2v) is 6.94. The van der Waals surface area contributed by atoms with Gasteiger partial charge in [0.15, 0.2) is 0 Å². The monoisotopic (exact) mass is 337 g/mol. The number of amides is 1. The number of hydrogen-bond acceptors (Lipinski definition) is 5. The predicted octanol–water partition coefficient (Wildman–Crippen LogP) is 2.62. The molecule has 134 valence electrons. The van der Waals surface area contributed by atoms with Crippen LogP contribution in [-0.2, 0) is 16.1 Å². The van der Waals surface area contributed by atoms with Crippen molar-refractivity contribution in [1.29, 1.82) is 0 Å². The van der Waals surface area contributed by atoms with E-state index in [1.807, 2.05) is 30.3 Å². The number of hydrogen-bond donors (Lipinski definition) is 2. The lowest BCUT2D eigenvalue weighted by molar-refractivity contribution is -0.157. The van der Waals surface area contributed by atoms with Gasteiger partial charge in [-0.1, -0.05) is 44.2 Å². The summed E-state index contributed by atoms with van der Waals surface area (Å²) in [5.41, 5.74) is 0.104. The van der Waals surface area contributed by atoms with Gasteiger partial charge in [-0.3, -0.25) is 4.79 Å². The van der Waals surface area contributed by atoms with Crippen molar-refractivity contribution in [3.05, 3.63) is 35.9 Å². The molecule has 0 fully saturated rings. The number of carbonyl (C=O) groups is 2. The third kappa shape index (κ3) is 5.82. The molecule has 0 spiro atoms. The second-order valence-electron chi connectivity index (χ2n) is 6.94. The van der Waals surface area contributed by atoms with Crippen molar-refractivity contribution < 1.29 is 19.4 Å². The molecule has 0 aliphatic rings.